The van der Waals surface area contributed by atoms with E-state index < -0.39 is 30.4 Å². The van der Waals surface area contributed by atoms with Gasteiger partial charge in [0, 0.05) is 12.1 Å². The molecule has 3 N–H and O–H groups in total. The van der Waals surface area contributed by atoms with Crippen molar-refractivity contribution in [3.05, 3.63) is 34.9 Å². The zero-order valence-electron chi connectivity index (χ0n) is 15.5. The monoisotopic (exact) mass is 363 g/mol. The third-order valence-corrected chi connectivity index (χ3v) is 3.17. The van der Waals surface area contributed by atoms with Crippen molar-refractivity contribution in [2.45, 2.75) is 27.7 Å². The van der Waals surface area contributed by atoms with Crippen molar-refractivity contribution in [2.24, 2.45) is 5.92 Å². The lowest BCUT2D eigenvalue weighted by atomic mass is 10.1. The first-order valence-corrected chi connectivity index (χ1v) is 8.27. The molecular weight excluding hydrogens is 338 g/mol. The van der Waals surface area contributed by atoms with Crippen LogP contribution in [0.4, 0.5) is 4.79 Å². The minimum Gasteiger partial charge on any atom is -0.454 e. The molecule has 1 aromatic carbocycles. The van der Waals surface area contributed by atoms with Crippen molar-refractivity contribution < 1.29 is 23.9 Å². The Kier molecular flexibility index (Phi) is 8.27. The van der Waals surface area contributed by atoms with E-state index in [2.05, 4.69) is 10.6 Å². The minimum absolute atomic E-state index is 0.245. The molecule has 8 heteroatoms. The molecule has 0 aliphatic carbocycles. The summed E-state index contributed by atoms with van der Waals surface area (Å²) in [6.45, 7) is 7.00. The molecule has 0 spiro atoms. The van der Waals surface area contributed by atoms with E-state index in [9.17, 15) is 19.2 Å². The molecule has 0 radical (unpaired) electrons. The van der Waals surface area contributed by atoms with Gasteiger partial charge in [-0.1, -0.05) is 31.0 Å². The van der Waals surface area contributed by atoms with Crippen LogP contribution in [-0.2, 0) is 14.3 Å². The first-order valence-electron chi connectivity index (χ1n) is 8.27. The van der Waals surface area contributed by atoms with Crippen molar-refractivity contribution in [1.82, 2.24) is 16.0 Å². The van der Waals surface area contributed by atoms with Gasteiger partial charge < -0.3 is 15.4 Å². The van der Waals surface area contributed by atoms with Crippen molar-refractivity contribution >= 4 is 23.8 Å². The van der Waals surface area contributed by atoms with Crippen LogP contribution in [0.25, 0.3) is 0 Å². The third kappa shape index (κ3) is 8.27. The van der Waals surface area contributed by atoms with Gasteiger partial charge in [-0.25, -0.2) is 4.79 Å². The standard InChI is InChI=1S/C18H25N3O5/c1-11(2)8-20-18(25)21-15(22)10-26-16(23)9-19-17(24)14-6-12(3)5-13(4)7-14/h5-7,11H,8-10H2,1-4H3,(H,19,24)(H2,20,21,22,25). The maximum Gasteiger partial charge on any atom is 0.325 e. The summed E-state index contributed by atoms with van der Waals surface area (Å²) in [6.07, 6.45) is 0. The largest absolute Gasteiger partial charge is 0.454 e. The number of aryl methyl sites for hydroxylation is 2. The molecular formula is C18H25N3O5. The molecule has 0 aromatic heterocycles. The van der Waals surface area contributed by atoms with Gasteiger partial charge in [-0.05, 0) is 31.9 Å². The fraction of sp³-hybridized carbons (Fsp3) is 0.444. The number of rotatable bonds is 7. The van der Waals surface area contributed by atoms with Gasteiger partial charge in [-0.3, -0.25) is 19.7 Å². The second kappa shape index (κ2) is 10.2. The molecule has 1 rings (SSSR count). The number of imide groups is 1. The summed E-state index contributed by atoms with van der Waals surface area (Å²) < 4.78 is 4.72. The lowest BCUT2D eigenvalue weighted by Crippen LogP contribution is -2.43. The van der Waals surface area contributed by atoms with Gasteiger partial charge in [-0.15, -0.1) is 0 Å². The average Bonchev–Trinajstić information content (AvgIpc) is 2.55. The van der Waals surface area contributed by atoms with E-state index in [1.54, 1.807) is 12.1 Å². The van der Waals surface area contributed by atoms with Crippen LogP contribution in [0.2, 0.25) is 0 Å². The molecule has 0 aliphatic rings. The second-order valence-electron chi connectivity index (χ2n) is 6.37. The molecule has 1 aromatic rings. The summed E-state index contributed by atoms with van der Waals surface area (Å²) >= 11 is 0. The maximum atomic E-state index is 12.0. The zero-order valence-corrected chi connectivity index (χ0v) is 15.5. The number of esters is 1. The first kappa shape index (κ1) is 21.1. The van der Waals surface area contributed by atoms with Crippen LogP contribution < -0.4 is 16.0 Å². The Labute approximate surface area is 152 Å². The fourth-order valence-electron chi connectivity index (χ4n) is 2.06. The molecule has 0 heterocycles. The summed E-state index contributed by atoms with van der Waals surface area (Å²) in [4.78, 5) is 46.5. The second-order valence-corrected chi connectivity index (χ2v) is 6.37. The smallest absolute Gasteiger partial charge is 0.325 e. The van der Waals surface area contributed by atoms with Gasteiger partial charge >= 0.3 is 12.0 Å². The number of amides is 4. The predicted octanol–water partition coefficient (Wildman–Crippen LogP) is 1.06. The molecule has 8 nitrogen and oxygen atoms in total. The van der Waals surface area contributed by atoms with Crippen LogP contribution in [0.1, 0.15) is 35.3 Å². The van der Waals surface area contributed by atoms with Gasteiger partial charge in [0.25, 0.3) is 11.8 Å². The van der Waals surface area contributed by atoms with E-state index in [4.69, 9.17) is 4.74 Å². The lowest BCUT2D eigenvalue weighted by molar-refractivity contribution is -0.147. The Hall–Kier alpha value is -2.90. The molecule has 0 saturated heterocycles. The minimum atomic E-state index is -0.777. The van der Waals surface area contributed by atoms with Crippen molar-refractivity contribution in [2.75, 3.05) is 19.7 Å². The van der Waals surface area contributed by atoms with Crippen molar-refractivity contribution in [3.8, 4) is 0 Å². The Bertz CT molecular complexity index is 665. The Morgan fingerprint density at radius 3 is 2.19 bits per heavy atom. The quantitative estimate of drug-likeness (QED) is 0.627. The van der Waals surface area contributed by atoms with E-state index in [1.807, 2.05) is 39.1 Å². The van der Waals surface area contributed by atoms with Crippen LogP contribution in [0, 0.1) is 19.8 Å². The molecule has 142 valence electrons. The topological polar surface area (TPSA) is 114 Å². The van der Waals surface area contributed by atoms with Crippen LogP contribution in [0.15, 0.2) is 18.2 Å². The number of carbonyl (C=O) groups is 4. The van der Waals surface area contributed by atoms with E-state index in [-0.39, 0.29) is 12.5 Å². The fourth-order valence-corrected chi connectivity index (χ4v) is 2.06. The molecule has 0 saturated carbocycles. The molecule has 0 atom stereocenters. The summed E-state index contributed by atoms with van der Waals surface area (Å²) in [6, 6.07) is 4.69. The van der Waals surface area contributed by atoms with Gasteiger partial charge in [0.05, 0.1) is 0 Å². The van der Waals surface area contributed by atoms with Crippen LogP contribution in [0.3, 0.4) is 0 Å². The van der Waals surface area contributed by atoms with E-state index in [0.717, 1.165) is 11.1 Å². The van der Waals surface area contributed by atoms with E-state index in [0.29, 0.717) is 12.1 Å². The highest BCUT2D eigenvalue weighted by molar-refractivity contribution is 5.97. The lowest BCUT2D eigenvalue weighted by Gasteiger charge is -2.09. The number of urea groups is 1. The van der Waals surface area contributed by atoms with Gasteiger partial charge in [0.15, 0.2) is 6.61 Å². The first-order chi connectivity index (χ1) is 12.2. The van der Waals surface area contributed by atoms with E-state index >= 15 is 0 Å². The average molecular weight is 363 g/mol. The molecule has 0 bridgehead atoms. The van der Waals surface area contributed by atoms with Gasteiger partial charge in [-0.2, -0.15) is 0 Å². The Morgan fingerprint density at radius 1 is 1.00 bits per heavy atom. The van der Waals surface area contributed by atoms with Crippen molar-refractivity contribution in [1.29, 1.82) is 0 Å². The highest BCUT2D eigenvalue weighted by atomic mass is 16.5. The maximum absolute atomic E-state index is 12.0. The highest BCUT2D eigenvalue weighted by Crippen LogP contribution is 2.08. The number of nitrogens with one attached hydrogen (secondary N) is 3. The van der Waals surface area contributed by atoms with Gasteiger partial charge in [0.1, 0.15) is 6.54 Å². The Balaban J connectivity index is 2.32. The molecule has 0 aliphatic heterocycles. The Morgan fingerprint density at radius 2 is 1.62 bits per heavy atom. The number of hydrogen-bond donors (Lipinski definition) is 3. The van der Waals surface area contributed by atoms with Crippen LogP contribution >= 0.6 is 0 Å². The third-order valence-electron chi connectivity index (χ3n) is 3.17. The molecule has 4 amide bonds. The number of carbonyl (C=O) groups excluding carboxylic acids is 4. The zero-order chi connectivity index (χ0) is 19.7. The summed E-state index contributed by atoms with van der Waals surface area (Å²) in [5.41, 5.74) is 2.31. The number of benzene rings is 1. The molecule has 0 fully saturated rings. The van der Waals surface area contributed by atoms with E-state index in [1.165, 1.54) is 0 Å². The van der Waals surface area contributed by atoms with Crippen LogP contribution in [0.5, 0.6) is 0 Å². The van der Waals surface area contributed by atoms with Crippen LogP contribution in [-0.4, -0.2) is 43.5 Å². The number of ether oxygens (including phenoxy) is 1. The summed E-state index contributed by atoms with van der Waals surface area (Å²) in [5.74, 6) is -1.69. The SMILES string of the molecule is Cc1cc(C)cc(C(=O)NCC(=O)OCC(=O)NC(=O)NCC(C)C)c1. The highest BCUT2D eigenvalue weighted by Gasteiger charge is 2.13. The number of hydrogen-bond acceptors (Lipinski definition) is 5. The summed E-state index contributed by atoms with van der Waals surface area (Å²) in [7, 11) is 0. The molecule has 0 unspecified atom stereocenters. The van der Waals surface area contributed by atoms with Crippen molar-refractivity contribution in [3.63, 3.8) is 0 Å². The summed E-state index contributed by atoms with van der Waals surface area (Å²) in [5, 5.41) is 6.97. The predicted molar refractivity (Wildman–Crippen MR) is 95.6 cm³/mol. The molecule has 26 heavy (non-hydrogen) atoms. The van der Waals surface area contributed by atoms with Gasteiger partial charge in [0.2, 0.25) is 0 Å². The normalized spacial score (nSPS) is 10.2.